The number of nitrogens with two attached hydrogens (primary N) is 1. The Hall–Kier alpha value is -2.77. The molecule has 0 radical (unpaired) electrons. The van der Waals surface area contributed by atoms with Crippen LogP contribution in [0.4, 0.5) is 0 Å². The molecule has 2 fully saturated rings. The normalized spacial score (nSPS) is 23.8. The number of carbonyl (C=O) groups is 2. The maximum atomic E-state index is 12.6. The second-order valence-electron chi connectivity index (χ2n) is 7.51. The van der Waals surface area contributed by atoms with Gasteiger partial charge < -0.3 is 20.9 Å². The molecule has 7 heteroatoms. The van der Waals surface area contributed by atoms with Crippen molar-refractivity contribution in [3.8, 4) is 0 Å². The quantitative estimate of drug-likeness (QED) is 0.722. The number of amides is 2. The van der Waals surface area contributed by atoms with Gasteiger partial charge in [0.05, 0.1) is 18.9 Å². The highest BCUT2D eigenvalue weighted by atomic mass is 16.5. The summed E-state index contributed by atoms with van der Waals surface area (Å²) in [5.74, 6) is -0.458. The summed E-state index contributed by atoms with van der Waals surface area (Å²) in [6.45, 7) is 3.13. The molecule has 7 nitrogen and oxygen atoms in total. The van der Waals surface area contributed by atoms with Gasteiger partial charge in [-0.25, -0.2) is 4.98 Å². The number of carbonyl (C=O) groups excluding carboxylic acids is 2. The summed E-state index contributed by atoms with van der Waals surface area (Å²) in [7, 11) is 1.51. The van der Waals surface area contributed by atoms with Crippen LogP contribution in [0.5, 0.6) is 0 Å². The van der Waals surface area contributed by atoms with Crippen LogP contribution in [0.15, 0.2) is 30.3 Å². The number of hydrogen-bond acceptors (Lipinski definition) is 5. The first kappa shape index (κ1) is 18.6. The van der Waals surface area contributed by atoms with Crippen molar-refractivity contribution < 1.29 is 19.4 Å². The number of aromatic nitrogens is 1. The molecule has 28 heavy (non-hydrogen) atoms. The van der Waals surface area contributed by atoms with Gasteiger partial charge in [-0.2, -0.15) is 0 Å². The SMILES string of the molecule is CNC(=O)c1nc([C@@H](O)c2cccc(C)c2)cc(C(N)=O)c1C1[C@H]2COC[C@@H]12. The Morgan fingerprint density at radius 2 is 2.00 bits per heavy atom. The highest BCUT2D eigenvalue weighted by Gasteiger charge is 2.56. The predicted octanol–water partition coefficient (Wildman–Crippen LogP) is 1.29. The van der Waals surface area contributed by atoms with Gasteiger partial charge in [0, 0.05) is 18.2 Å². The van der Waals surface area contributed by atoms with Crippen molar-refractivity contribution in [3.05, 3.63) is 64.0 Å². The van der Waals surface area contributed by atoms with Gasteiger partial charge in [0.25, 0.3) is 5.91 Å². The monoisotopic (exact) mass is 381 g/mol. The van der Waals surface area contributed by atoms with Crippen LogP contribution in [0, 0.1) is 18.8 Å². The lowest BCUT2D eigenvalue weighted by Gasteiger charge is -2.18. The number of fused-ring (bicyclic) bond motifs is 1. The molecule has 4 rings (SSSR count). The van der Waals surface area contributed by atoms with E-state index < -0.39 is 17.9 Å². The fourth-order valence-corrected chi connectivity index (χ4v) is 4.23. The molecule has 2 heterocycles. The van der Waals surface area contributed by atoms with E-state index in [0.29, 0.717) is 24.3 Å². The first-order valence-corrected chi connectivity index (χ1v) is 9.31. The summed E-state index contributed by atoms with van der Waals surface area (Å²) in [5.41, 5.74) is 8.48. The number of aryl methyl sites for hydroxylation is 1. The summed E-state index contributed by atoms with van der Waals surface area (Å²) >= 11 is 0. The Labute approximate surface area is 162 Å². The minimum atomic E-state index is -1.07. The molecule has 2 aromatic rings. The summed E-state index contributed by atoms with van der Waals surface area (Å²) in [6.07, 6.45) is -1.07. The largest absolute Gasteiger partial charge is 0.382 e. The number of rotatable bonds is 5. The lowest BCUT2D eigenvalue weighted by atomic mass is 9.94. The van der Waals surface area contributed by atoms with E-state index in [0.717, 1.165) is 5.56 Å². The Bertz CT molecular complexity index is 949. The molecule has 146 valence electrons. The highest BCUT2D eigenvalue weighted by molar-refractivity contribution is 6.01. The van der Waals surface area contributed by atoms with Gasteiger partial charge in [-0.1, -0.05) is 29.8 Å². The second kappa shape index (κ2) is 7.00. The molecule has 0 spiro atoms. The Morgan fingerprint density at radius 1 is 1.29 bits per heavy atom. The van der Waals surface area contributed by atoms with Gasteiger partial charge in [0.2, 0.25) is 5.91 Å². The van der Waals surface area contributed by atoms with Gasteiger partial charge in [-0.15, -0.1) is 0 Å². The van der Waals surface area contributed by atoms with E-state index in [1.54, 1.807) is 6.07 Å². The van der Waals surface area contributed by atoms with E-state index in [2.05, 4.69) is 10.3 Å². The van der Waals surface area contributed by atoms with Crippen molar-refractivity contribution in [2.45, 2.75) is 18.9 Å². The summed E-state index contributed by atoms with van der Waals surface area (Å²) in [6, 6.07) is 8.89. The maximum absolute atomic E-state index is 12.6. The first-order valence-electron chi connectivity index (χ1n) is 9.31. The lowest BCUT2D eigenvalue weighted by Crippen LogP contribution is -2.26. The number of aliphatic hydroxyl groups excluding tert-OH is 1. The minimum absolute atomic E-state index is 0.0289. The van der Waals surface area contributed by atoms with Crippen molar-refractivity contribution in [1.82, 2.24) is 10.3 Å². The molecule has 1 saturated heterocycles. The third-order valence-corrected chi connectivity index (χ3v) is 5.71. The molecule has 1 aromatic heterocycles. The van der Waals surface area contributed by atoms with E-state index in [4.69, 9.17) is 10.5 Å². The van der Waals surface area contributed by atoms with E-state index in [-0.39, 0.29) is 34.7 Å². The van der Waals surface area contributed by atoms with E-state index in [1.165, 1.54) is 13.1 Å². The molecule has 4 atom stereocenters. The van der Waals surface area contributed by atoms with Crippen molar-refractivity contribution >= 4 is 11.8 Å². The molecule has 2 aliphatic rings. The molecule has 1 saturated carbocycles. The lowest BCUT2D eigenvalue weighted by molar-refractivity contribution is 0.0955. The second-order valence-corrected chi connectivity index (χ2v) is 7.51. The Kier molecular flexibility index (Phi) is 4.64. The number of ether oxygens (including phenoxy) is 1. The van der Waals surface area contributed by atoms with Gasteiger partial charge in [0.1, 0.15) is 11.8 Å². The van der Waals surface area contributed by atoms with Crippen molar-refractivity contribution in [2.24, 2.45) is 17.6 Å². The van der Waals surface area contributed by atoms with E-state index >= 15 is 0 Å². The summed E-state index contributed by atoms with van der Waals surface area (Å²) < 4.78 is 5.44. The average Bonchev–Trinajstić information content (AvgIpc) is 3.14. The van der Waals surface area contributed by atoms with Gasteiger partial charge in [0.15, 0.2) is 0 Å². The minimum Gasteiger partial charge on any atom is -0.382 e. The topological polar surface area (TPSA) is 115 Å². The molecule has 2 amide bonds. The standard InChI is InChI=1S/C21H23N3O4/c1-10-4-3-5-11(6-10)19(25)15-7-12(20(22)26)17(18(24-15)21(27)23-2)16-13-8-28-9-14(13)16/h3-7,13-14,16,19,25H,8-9H2,1-2H3,(H2,22,26)(H,23,27)/t13-,14+,16?,19-/m0/s1. The van der Waals surface area contributed by atoms with Crippen molar-refractivity contribution in [2.75, 3.05) is 20.3 Å². The number of nitrogens with zero attached hydrogens (tertiary/aromatic N) is 1. The number of benzene rings is 1. The van der Waals surface area contributed by atoms with Gasteiger partial charge >= 0.3 is 0 Å². The Morgan fingerprint density at radius 3 is 2.61 bits per heavy atom. The maximum Gasteiger partial charge on any atom is 0.269 e. The summed E-state index contributed by atoms with van der Waals surface area (Å²) in [5, 5.41) is 13.4. The fraction of sp³-hybridized carbons (Fsp3) is 0.381. The van der Waals surface area contributed by atoms with Crippen LogP contribution < -0.4 is 11.1 Å². The predicted molar refractivity (Wildman–Crippen MR) is 102 cm³/mol. The zero-order valence-corrected chi connectivity index (χ0v) is 15.8. The Balaban J connectivity index is 1.84. The average molecular weight is 381 g/mol. The number of hydrogen-bond donors (Lipinski definition) is 3. The van der Waals surface area contributed by atoms with Gasteiger partial charge in [-0.05, 0) is 36.3 Å². The van der Waals surface area contributed by atoms with E-state index in [1.807, 2.05) is 25.1 Å². The van der Waals surface area contributed by atoms with Crippen LogP contribution in [-0.2, 0) is 4.74 Å². The molecular formula is C21H23N3O4. The highest BCUT2D eigenvalue weighted by Crippen LogP contribution is 2.58. The molecule has 0 bridgehead atoms. The zero-order valence-electron chi connectivity index (χ0n) is 15.8. The first-order chi connectivity index (χ1) is 13.4. The van der Waals surface area contributed by atoms with Crippen LogP contribution in [0.1, 0.15) is 55.3 Å². The molecule has 4 N–H and O–H groups in total. The zero-order chi connectivity index (χ0) is 20.0. The van der Waals surface area contributed by atoms with E-state index in [9.17, 15) is 14.7 Å². The third-order valence-electron chi connectivity index (χ3n) is 5.71. The molecule has 1 aliphatic heterocycles. The smallest absolute Gasteiger partial charge is 0.269 e. The summed E-state index contributed by atoms with van der Waals surface area (Å²) in [4.78, 5) is 29.3. The third kappa shape index (κ3) is 3.06. The number of nitrogens with one attached hydrogen (secondary N) is 1. The number of pyridine rings is 1. The van der Waals surface area contributed by atoms with Gasteiger partial charge in [-0.3, -0.25) is 9.59 Å². The van der Waals surface area contributed by atoms with Crippen LogP contribution in [0.2, 0.25) is 0 Å². The fourth-order valence-electron chi connectivity index (χ4n) is 4.23. The molecule has 1 aromatic carbocycles. The van der Waals surface area contributed by atoms with Crippen LogP contribution in [0.25, 0.3) is 0 Å². The van der Waals surface area contributed by atoms with Crippen molar-refractivity contribution in [1.29, 1.82) is 0 Å². The number of aliphatic hydroxyl groups is 1. The molecule has 1 aliphatic carbocycles. The van der Waals surface area contributed by atoms with Crippen LogP contribution in [0.3, 0.4) is 0 Å². The molecule has 1 unspecified atom stereocenters. The van der Waals surface area contributed by atoms with Crippen LogP contribution >= 0.6 is 0 Å². The number of primary amides is 1. The van der Waals surface area contributed by atoms with Crippen LogP contribution in [-0.4, -0.2) is 42.2 Å². The van der Waals surface area contributed by atoms with Crippen molar-refractivity contribution in [3.63, 3.8) is 0 Å². The molecular weight excluding hydrogens is 358 g/mol.